The topological polar surface area (TPSA) is 115 Å². The molecule has 1 aromatic rings. The zero-order valence-electron chi connectivity index (χ0n) is 10.8. The molecule has 0 atom stereocenters. The largest absolute Gasteiger partial charge is 0.493 e. The number of amides is 1. The van der Waals surface area contributed by atoms with Gasteiger partial charge in [-0.15, -0.1) is 0 Å². The molecule has 3 N–H and O–H groups in total. The molecule has 1 amide bonds. The number of hydrogen-bond donors (Lipinski definition) is 3. The normalized spacial score (nSPS) is 10.5. The Morgan fingerprint density at radius 3 is 2.63 bits per heavy atom. The maximum absolute atomic E-state index is 11.6. The molecule has 100 valence electrons. The van der Waals surface area contributed by atoms with E-state index >= 15 is 0 Å². The summed E-state index contributed by atoms with van der Waals surface area (Å²) in [5.41, 5.74) is -0.860. The van der Waals surface area contributed by atoms with Gasteiger partial charge in [0, 0.05) is 11.7 Å². The molecule has 0 aliphatic rings. The molecule has 0 aliphatic heterocycles. The summed E-state index contributed by atoms with van der Waals surface area (Å²) in [6.07, 6.45) is 0.480. The fraction of sp³-hybridized carbons (Fsp3) is 0.364. The third-order valence-corrected chi connectivity index (χ3v) is 1.99. The standard InChI is InChI=1S/C11H14BN3O4/c1-11(2,3)19-10(16)15-9-8(12(17)18)7(6-13)4-5-14-9/h4-5,17-18H,1-3H3,(H,14,15,16). The molecule has 8 heteroatoms. The lowest BCUT2D eigenvalue weighted by atomic mass is 9.77. The summed E-state index contributed by atoms with van der Waals surface area (Å²) in [6.45, 7) is 5.06. The van der Waals surface area contributed by atoms with Crippen LogP contribution in [-0.2, 0) is 4.74 Å². The predicted molar refractivity (Wildman–Crippen MR) is 68.6 cm³/mol. The van der Waals surface area contributed by atoms with Gasteiger partial charge in [-0.3, -0.25) is 5.32 Å². The minimum Gasteiger partial charge on any atom is -0.444 e. The van der Waals surface area contributed by atoms with E-state index in [1.807, 2.05) is 0 Å². The molecule has 1 heterocycles. The van der Waals surface area contributed by atoms with Crippen LogP contribution in [0.2, 0.25) is 0 Å². The van der Waals surface area contributed by atoms with Gasteiger partial charge in [-0.2, -0.15) is 5.26 Å². The molecule has 0 saturated heterocycles. The zero-order valence-corrected chi connectivity index (χ0v) is 10.8. The highest BCUT2D eigenvalue weighted by molar-refractivity contribution is 6.61. The van der Waals surface area contributed by atoms with Crippen LogP contribution in [0, 0.1) is 11.3 Å². The van der Waals surface area contributed by atoms with Gasteiger partial charge in [0.2, 0.25) is 0 Å². The van der Waals surface area contributed by atoms with Crippen LogP contribution in [0.1, 0.15) is 26.3 Å². The first kappa shape index (κ1) is 15.0. The van der Waals surface area contributed by atoms with E-state index in [0.29, 0.717) is 0 Å². The summed E-state index contributed by atoms with van der Waals surface area (Å²) < 4.78 is 5.01. The molecule has 0 unspecified atom stereocenters. The molecule has 1 aromatic heterocycles. The number of nitriles is 1. The lowest BCUT2D eigenvalue weighted by Crippen LogP contribution is -2.37. The van der Waals surface area contributed by atoms with E-state index in [4.69, 9.17) is 10.00 Å². The first-order valence-electron chi connectivity index (χ1n) is 5.49. The van der Waals surface area contributed by atoms with Gasteiger partial charge in [-0.05, 0) is 26.8 Å². The molecular formula is C11H14BN3O4. The molecule has 0 aliphatic carbocycles. The molecule has 0 spiro atoms. The molecule has 0 radical (unpaired) electrons. The summed E-state index contributed by atoms with van der Waals surface area (Å²) in [6, 6.07) is 3.10. The maximum Gasteiger partial charge on any atom is 0.493 e. The second-order valence-electron chi connectivity index (χ2n) is 4.73. The Morgan fingerprint density at radius 2 is 2.16 bits per heavy atom. The van der Waals surface area contributed by atoms with Crippen LogP contribution >= 0.6 is 0 Å². The number of hydrogen-bond acceptors (Lipinski definition) is 6. The second-order valence-corrected chi connectivity index (χ2v) is 4.73. The Labute approximate surface area is 111 Å². The highest BCUT2D eigenvalue weighted by Crippen LogP contribution is 2.10. The summed E-state index contributed by atoms with van der Waals surface area (Å²) in [7, 11) is -1.92. The summed E-state index contributed by atoms with van der Waals surface area (Å²) in [5, 5.41) is 29.6. The Morgan fingerprint density at radius 1 is 1.53 bits per heavy atom. The molecule has 0 fully saturated rings. The van der Waals surface area contributed by atoms with Crippen molar-refractivity contribution in [2.45, 2.75) is 26.4 Å². The lowest BCUT2D eigenvalue weighted by Gasteiger charge is -2.20. The molecule has 19 heavy (non-hydrogen) atoms. The highest BCUT2D eigenvalue weighted by Gasteiger charge is 2.24. The van der Waals surface area contributed by atoms with E-state index in [1.165, 1.54) is 12.3 Å². The van der Waals surface area contributed by atoms with Gasteiger partial charge in [0.1, 0.15) is 11.4 Å². The molecular weight excluding hydrogens is 249 g/mol. The van der Waals surface area contributed by atoms with Gasteiger partial charge in [0.15, 0.2) is 0 Å². The maximum atomic E-state index is 11.6. The number of rotatable bonds is 2. The van der Waals surface area contributed by atoms with Gasteiger partial charge in [-0.25, -0.2) is 9.78 Å². The molecule has 0 bridgehead atoms. The molecule has 0 saturated carbocycles. The number of nitrogens with zero attached hydrogens (tertiary/aromatic N) is 2. The first-order valence-corrected chi connectivity index (χ1v) is 5.49. The van der Waals surface area contributed by atoms with E-state index in [0.717, 1.165) is 0 Å². The van der Waals surface area contributed by atoms with Crippen molar-refractivity contribution in [1.82, 2.24) is 4.98 Å². The quantitative estimate of drug-likeness (QED) is 0.646. The van der Waals surface area contributed by atoms with Gasteiger partial charge in [0.05, 0.1) is 11.6 Å². The van der Waals surface area contributed by atoms with Crippen LogP contribution in [0.3, 0.4) is 0 Å². The lowest BCUT2D eigenvalue weighted by molar-refractivity contribution is 0.0635. The number of ether oxygens (including phenoxy) is 1. The number of pyridine rings is 1. The number of carbonyl (C=O) groups is 1. The summed E-state index contributed by atoms with van der Waals surface area (Å²) in [5.74, 6) is -0.122. The van der Waals surface area contributed by atoms with Crippen molar-refractivity contribution in [1.29, 1.82) is 5.26 Å². The van der Waals surface area contributed by atoms with Gasteiger partial charge >= 0.3 is 13.2 Å². The Bertz CT molecular complexity index is 520. The minimum absolute atomic E-state index is 0.0102. The van der Waals surface area contributed by atoms with Crippen molar-refractivity contribution in [3.05, 3.63) is 17.8 Å². The van der Waals surface area contributed by atoms with E-state index in [2.05, 4.69) is 10.3 Å². The summed E-state index contributed by atoms with van der Waals surface area (Å²) >= 11 is 0. The van der Waals surface area contributed by atoms with Crippen LogP contribution in [0.15, 0.2) is 12.3 Å². The fourth-order valence-electron chi connectivity index (χ4n) is 1.33. The fourth-order valence-corrected chi connectivity index (χ4v) is 1.33. The number of anilines is 1. The zero-order chi connectivity index (χ0) is 14.6. The van der Waals surface area contributed by atoms with Crippen molar-refractivity contribution in [3.63, 3.8) is 0 Å². The monoisotopic (exact) mass is 263 g/mol. The first-order chi connectivity index (χ1) is 8.74. The van der Waals surface area contributed by atoms with E-state index in [1.54, 1.807) is 26.8 Å². The Balaban J connectivity index is 3.02. The van der Waals surface area contributed by atoms with Crippen molar-refractivity contribution in [3.8, 4) is 6.07 Å². The average Bonchev–Trinajstić information content (AvgIpc) is 2.25. The van der Waals surface area contributed by atoms with Crippen LogP contribution in [-0.4, -0.2) is 33.8 Å². The number of aromatic nitrogens is 1. The predicted octanol–water partition coefficient (Wildman–Crippen LogP) is -0.0199. The number of nitrogens with one attached hydrogen (secondary N) is 1. The highest BCUT2D eigenvalue weighted by atomic mass is 16.6. The molecule has 1 rings (SSSR count). The van der Waals surface area contributed by atoms with E-state index in [9.17, 15) is 14.8 Å². The Kier molecular flexibility index (Phi) is 4.48. The van der Waals surface area contributed by atoms with Crippen molar-refractivity contribution in [2.75, 3.05) is 5.32 Å². The molecule has 7 nitrogen and oxygen atoms in total. The van der Waals surface area contributed by atoms with Gasteiger partial charge in [-0.1, -0.05) is 0 Å². The van der Waals surface area contributed by atoms with Crippen molar-refractivity contribution >= 4 is 24.5 Å². The van der Waals surface area contributed by atoms with Crippen LogP contribution in [0.4, 0.5) is 10.6 Å². The number of carbonyl (C=O) groups excluding carboxylic acids is 1. The smallest absolute Gasteiger partial charge is 0.444 e. The van der Waals surface area contributed by atoms with Crippen LogP contribution < -0.4 is 10.8 Å². The van der Waals surface area contributed by atoms with Crippen LogP contribution in [0.5, 0.6) is 0 Å². The van der Waals surface area contributed by atoms with Crippen LogP contribution in [0.25, 0.3) is 0 Å². The SMILES string of the molecule is CC(C)(C)OC(=O)Nc1nccc(C#N)c1B(O)O. The van der Waals surface area contributed by atoms with Gasteiger partial charge < -0.3 is 14.8 Å². The minimum atomic E-state index is -1.92. The third kappa shape index (κ3) is 4.24. The van der Waals surface area contributed by atoms with E-state index < -0.39 is 18.8 Å². The third-order valence-electron chi connectivity index (χ3n) is 1.99. The average molecular weight is 263 g/mol. The van der Waals surface area contributed by atoms with Gasteiger partial charge in [0.25, 0.3) is 0 Å². The van der Waals surface area contributed by atoms with E-state index in [-0.39, 0.29) is 16.8 Å². The Hall–Kier alpha value is -2.11. The van der Waals surface area contributed by atoms with Crippen molar-refractivity contribution in [2.24, 2.45) is 0 Å². The summed E-state index contributed by atoms with van der Waals surface area (Å²) in [4.78, 5) is 15.4. The van der Waals surface area contributed by atoms with Crippen molar-refractivity contribution < 1.29 is 19.6 Å². The molecule has 0 aromatic carbocycles. The second kappa shape index (κ2) is 5.69.